The molecule has 1 N–H and O–H groups in total. The molecule has 0 saturated heterocycles. The summed E-state index contributed by atoms with van der Waals surface area (Å²) in [5.41, 5.74) is 3.03. The lowest BCUT2D eigenvalue weighted by Gasteiger charge is -2.31. The lowest BCUT2D eigenvalue weighted by molar-refractivity contribution is 0.0437. The maximum atomic E-state index is 12.8. The zero-order valence-corrected chi connectivity index (χ0v) is 17.7. The molecule has 0 fully saturated rings. The van der Waals surface area contributed by atoms with Gasteiger partial charge in [-0.15, -0.1) is 0 Å². The highest BCUT2D eigenvalue weighted by atomic mass is 19.1. The Morgan fingerprint density at radius 1 is 1.41 bits per heavy atom. The molecule has 2 aliphatic heterocycles. The molecule has 150 valence electrons. The molecule has 0 aromatic carbocycles. The quantitative estimate of drug-likeness (QED) is 0.479. The molecule has 4 heteroatoms. The Balaban J connectivity index is 2.03. The van der Waals surface area contributed by atoms with Crippen molar-refractivity contribution in [3.8, 4) is 0 Å². The van der Waals surface area contributed by atoms with Crippen molar-refractivity contribution in [2.45, 2.75) is 72.1 Å². The summed E-state index contributed by atoms with van der Waals surface area (Å²) in [6.07, 6.45) is 9.07. The summed E-state index contributed by atoms with van der Waals surface area (Å²) in [6, 6.07) is 0.639. The molecule has 2 bridgehead atoms. The largest absolute Gasteiger partial charge is 0.390 e. The molecule has 2 heterocycles. The minimum absolute atomic E-state index is 0.0611. The van der Waals surface area contributed by atoms with E-state index in [0.29, 0.717) is 24.9 Å². The molecule has 0 amide bonds. The van der Waals surface area contributed by atoms with E-state index >= 15 is 0 Å². The Labute approximate surface area is 164 Å². The zero-order valence-electron chi connectivity index (χ0n) is 17.7. The van der Waals surface area contributed by atoms with Gasteiger partial charge in [-0.3, -0.25) is 9.89 Å². The van der Waals surface area contributed by atoms with Crippen molar-refractivity contribution in [1.29, 1.82) is 0 Å². The van der Waals surface area contributed by atoms with Crippen molar-refractivity contribution in [1.82, 2.24) is 4.90 Å². The molecule has 0 spiro atoms. The Kier molecular flexibility index (Phi) is 6.64. The van der Waals surface area contributed by atoms with Crippen LogP contribution in [0.5, 0.6) is 0 Å². The van der Waals surface area contributed by atoms with Crippen molar-refractivity contribution in [3.05, 3.63) is 47.9 Å². The lowest BCUT2D eigenvalue weighted by Crippen LogP contribution is -2.39. The molecule has 27 heavy (non-hydrogen) atoms. The number of rotatable bonds is 8. The summed E-state index contributed by atoms with van der Waals surface area (Å²) in [6.45, 7) is 17.4. The summed E-state index contributed by atoms with van der Waals surface area (Å²) >= 11 is 0. The van der Waals surface area contributed by atoms with E-state index in [1.165, 1.54) is 17.2 Å². The van der Waals surface area contributed by atoms with E-state index in [1.807, 2.05) is 13.8 Å². The first kappa shape index (κ1) is 21.8. The van der Waals surface area contributed by atoms with E-state index in [9.17, 15) is 9.50 Å². The number of hydrogen-bond donors (Lipinski definition) is 1. The van der Waals surface area contributed by atoms with Crippen LogP contribution in [-0.4, -0.2) is 46.5 Å². The number of hydrogen-bond acceptors (Lipinski definition) is 3. The van der Waals surface area contributed by atoms with E-state index in [4.69, 9.17) is 4.99 Å². The zero-order chi connectivity index (χ0) is 20.4. The van der Waals surface area contributed by atoms with Gasteiger partial charge in [0.05, 0.1) is 18.2 Å². The van der Waals surface area contributed by atoms with E-state index in [2.05, 4.69) is 51.3 Å². The van der Waals surface area contributed by atoms with Crippen molar-refractivity contribution >= 4 is 5.71 Å². The van der Waals surface area contributed by atoms with Gasteiger partial charge in [0.15, 0.2) is 0 Å². The van der Waals surface area contributed by atoms with Gasteiger partial charge in [0.2, 0.25) is 0 Å². The van der Waals surface area contributed by atoms with Crippen LogP contribution in [0.3, 0.4) is 0 Å². The first-order valence-corrected chi connectivity index (χ1v) is 9.81. The van der Waals surface area contributed by atoms with Gasteiger partial charge in [0.25, 0.3) is 0 Å². The highest BCUT2D eigenvalue weighted by Crippen LogP contribution is 2.34. The third-order valence-corrected chi connectivity index (χ3v) is 5.37. The van der Waals surface area contributed by atoms with Crippen LogP contribution in [0.4, 0.5) is 4.39 Å². The molecule has 0 aliphatic carbocycles. The van der Waals surface area contributed by atoms with E-state index in [1.54, 1.807) is 6.08 Å². The van der Waals surface area contributed by atoms with Crippen LogP contribution in [0.15, 0.2) is 52.8 Å². The van der Waals surface area contributed by atoms with Gasteiger partial charge in [-0.05, 0) is 56.8 Å². The number of allylic oxidation sites excluding steroid dienone is 4. The number of nitrogens with zero attached hydrogens (tertiary/aromatic N) is 2. The summed E-state index contributed by atoms with van der Waals surface area (Å²) in [4.78, 5) is 7.23. The minimum Gasteiger partial charge on any atom is -0.390 e. The van der Waals surface area contributed by atoms with Crippen molar-refractivity contribution < 1.29 is 9.50 Å². The Morgan fingerprint density at radius 3 is 2.67 bits per heavy atom. The third-order valence-electron chi connectivity index (χ3n) is 5.37. The van der Waals surface area contributed by atoms with Crippen LogP contribution >= 0.6 is 0 Å². The number of halogens is 1. The Morgan fingerprint density at radius 2 is 2.07 bits per heavy atom. The fourth-order valence-corrected chi connectivity index (χ4v) is 4.32. The van der Waals surface area contributed by atoms with Gasteiger partial charge in [-0.1, -0.05) is 38.7 Å². The van der Waals surface area contributed by atoms with Gasteiger partial charge in [-0.25, -0.2) is 4.39 Å². The molecule has 2 atom stereocenters. The predicted molar refractivity (Wildman–Crippen MR) is 113 cm³/mol. The van der Waals surface area contributed by atoms with Crippen molar-refractivity contribution in [2.24, 2.45) is 10.4 Å². The molecule has 0 aromatic rings. The molecule has 2 rings (SSSR count). The average Bonchev–Trinajstić information content (AvgIpc) is 2.71. The van der Waals surface area contributed by atoms with Gasteiger partial charge < -0.3 is 5.11 Å². The molecule has 2 aliphatic rings. The smallest absolute Gasteiger partial charge is 0.115 e. The van der Waals surface area contributed by atoms with E-state index in [0.717, 1.165) is 18.8 Å². The molecular weight excluding hydrogens is 339 g/mol. The van der Waals surface area contributed by atoms with Crippen LogP contribution in [0.1, 0.15) is 54.4 Å². The normalized spacial score (nSPS) is 22.8. The van der Waals surface area contributed by atoms with Gasteiger partial charge >= 0.3 is 0 Å². The predicted octanol–water partition coefficient (Wildman–Crippen LogP) is 5.00. The van der Waals surface area contributed by atoms with Crippen LogP contribution in [0.25, 0.3) is 0 Å². The fraction of sp³-hybridized carbons (Fsp3) is 0.609. The molecule has 3 nitrogen and oxygen atoms in total. The van der Waals surface area contributed by atoms with E-state index in [-0.39, 0.29) is 5.41 Å². The molecule has 0 aromatic heterocycles. The second-order valence-corrected chi connectivity index (χ2v) is 9.27. The summed E-state index contributed by atoms with van der Waals surface area (Å²) in [7, 11) is 0. The van der Waals surface area contributed by atoms with Gasteiger partial charge in [0, 0.05) is 24.7 Å². The van der Waals surface area contributed by atoms with Crippen molar-refractivity contribution in [2.75, 3.05) is 13.1 Å². The first-order valence-electron chi connectivity index (χ1n) is 9.81. The highest BCUT2D eigenvalue weighted by molar-refractivity contribution is 6.03. The number of aliphatic imine (C=N–C) groups is 1. The van der Waals surface area contributed by atoms with Crippen molar-refractivity contribution in [3.63, 3.8) is 0 Å². The molecule has 0 saturated carbocycles. The van der Waals surface area contributed by atoms with Crippen LogP contribution < -0.4 is 0 Å². The maximum absolute atomic E-state index is 12.8. The molecule has 2 unspecified atom stereocenters. The second-order valence-electron chi connectivity index (χ2n) is 9.27. The number of dihydropyridines is 1. The Hall–Kier alpha value is -1.52. The SMILES string of the molecule is C=C(F)/C=C\CC1=NCC2C(C)=C1CN2C(C)/C=C\C(C)(C)CC(C)(C)O. The monoisotopic (exact) mass is 374 g/mol. The fourth-order valence-electron chi connectivity index (χ4n) is 4.32. The third kappa shape index (κ3) is 5.98. The highest BCUT2D eigenvalue weighted by Gasteiger charge is 2.36. The standard InChI is InChI=1S/C23H35FN2O/c1-16(24)9-8-10-20-19-14-26(21(13-25-20)18(19)3)17(2)11-12-22(4,5)15-23(6,7)27/h8-9,11-12,17,21,27H,1,10,13-15H2,2-7H3/b9-8-,12-11-. The second kappa shape index (κ2) is 8.24. The first-order chi connectivity index (χ1) is 12.4. The summed E-state index contributed by atoms with van der Waals surface area (Å²) in [5, 5.41) is 10.1. The summed E-state index contributed by atoms with van der Waals surface area (Å²) in [5.74, 6) is -0.421. The maximum Gasteiger partial charge on any atom is 0.115 e. The average molecular weight is 375 g/mol. The molecular formula is C23H35FN2O. The Bertz CT molecular complexity index is 692. The lowest BCUT2D eigenvalue weighted by atomic mass is 9.81. The van der Waals surface area contributed by atoms with Gasteiger partial charge in [0.1, 0.15) is 5.83 Å². The van der Waals surface area contributed by atoms with Gasteiger partial charge in [-0.2, -0.15) is 0 Å². The van der Waals surface area contributed by atoms with Crippen LogP contribution in [0, 0.1) is 5.41 Å². The minimum atomic E-state index is -0.678. The summed E-state index contributed by atoms with van der Waals surface area (Å²) < 4.78 is 12.8. The van der Waals surface area contributed by atoms with Crippen LogP contribution in [0.2, 0.25) is 0 Å². The molecule has 0 radical (unpaired) electrons. The number of fused-ring (bicyclic) bond motifs is 1. The van der Waals surface area contributed by atoms with E-state index < -0.39 is 11.4 Å². The van der Waals surface area contributed by atoms with Crippen LogP contribution in [-0.2, 0) is 0 Å². The topological polar surface area (TPSA) is 35.8 Å². The number of aliphatic hydroxyl groups is 1.